The summed E-state index contributed by atoms with van der Waals surface area (Å²) in [6, 6.07) is 6.08. The maximum Gasteiger partial charge on any atom is 0.231 e. The van der Waals surface area contributed by atoms with Gasteiger partial charge in [0, 0.05) is 27.2 Å². The maximum atomic E-state index is 5.42. The van der Waals surface area contributed by atoms with Gasteiger partial charge in [-0.15, -0.1) is 24.0 Å². The Balaban J connectivity index is 0.00000176. The van der Waals surface area contributed by atoms with Crippen molar-refractivity contribution >= 4 is 29.9 Å². The van der Waals surface area contributed by atoms with Crippen molar-refractivity contribution in [2.75, 3.05) is 27.4 Å². The van der Waals surface area contributed by atoms with Crippen LogP contribution in [0.2, 0.25) is 0 Å². The van der Waals surface area contributed by atoms with E-state index in [0.29, 0.717) is 6.79 Å². The van der Waals surface area contributed by atoms with Crippen LogP contribution in [-0.4, -0.2) is 38.3 Å². The third-order valence-electron chi connectivity index (χ3n) is 3.96. The first-order valence-corrected chi connectivity index (χ1v) is 7.56. The summed E-state index contributed by atoms with van der Waals surface area (Å²) in [6.45, 7) is 2.11. The van der Waals surface area contributed by atoms with Crippen LogP contribution in [0, 0.1) is 5.92 Å². The minimum atomic E-state index is 0. The number of hydrogen-bond acceptors (Lipinski definition) is 3. The van der Waals surface area contributed by atoms with E-state index in [1.165, 1.54) is 24.8 Å². The van der Waals surface area contributed by atoms with Gasteiger partial charge in [-0.2, -0.15) is 0 Å². The van der Waals surface area contributed by atoms with Crippen LogP contribution in [0.1, 0.15) is 24.8 Å². The van der Waals surface area contributed by atoms with Crippen LogP contribution in [0.4, 0.5) is 0 Å². The molecule has 0 saturated heterocycles. The Bertz CT molecular complexity index is 532. The molecule has 0 bridgehead atoms. The highest BCUT2D eigenvalue weighted by atomic mass is 127. The van der Waals surface area contributed by atoms with E-state index < -0.39 is 0 Å². The molecule has 1 saturated carbocycles. The number of nitrogens with zero attached hydrogens (tertiary/aromatic N) is 2. The Morgan fingerprint density at radius 1 is 1.32 bits per heavy atom. The molecule has 3 rings (SSSR count). The van der Waals surface area contributed by atoms with Gasteiger partial charge >= 0.3 is 0 Å². The highest BCUT2D eigenvalue weighted by Gasteiger charge is 2.20. The number of aliphatic imine (C=N–C) groups is 1. The monoisotopic (exact) mass is 417 g/mol. The lowest BCUT2D eigenvalue weighted by molar-refractivity contribution is 0.174. The van der Waals surface area contributed by atoms with Gasteiger partial charge in [0.05, 0.1) is 0 Å². The van der Waals surface area contributed by atoms with Gasteiger partial charge in [0.1, 0.15) is 0 Å². The van der Waals surface area contributed by atoms with Gasteiger partial charge < -0.3 is 19.7 Å². The number of halogens is 1. The summed E-state index contributed by atoms with van der Waals surface area (Å²) in [7, 11) is 3.88. The van der Waals surface area contributed by atoms with Gasteiger partial charge in [-0.3, -0.25) is 4.99 Å². The van der Waals surface area contributed by atoms with E-state index in [4.69, 9.17) is 9.47 Å². The zero-order valence-electron chi connectivity index (χ0n) is 13.2. The van der Waals surface area contributed by atoms with Crippen molar-refractivity contribution in [2.45, 2.75) is 25.8 Å². The molecular weight excluding hydrogens is 393 g/mol. The lowest BCUT2D eigenvalue weighted by Crippen LogP contribution is -2.39. The molecule has 5 nitrogen and oxygen atoms in total. The van der Waals surface area contributed by atoms with Crippen LogP contribution in [0.15, 0.2) is 23.2 Å². The summed E-state index contributed by atoms with van der Waals surface area (Å²) < 4.78 is 10.8. The summed E-state index contributed by atoms with van der Waals surface area (Å²) in [5.74, 6) is 3.54. The molecule has 1 aliphatic heterocycles. The molecule has 1 aliphatic carbocycles. The predicted octanol–water partition coefficient (Wildman–Crippen LogP) is 2.84. The molecule has 2 aliphatic rings. The van der Waals surface area contributed by atoms with Gasteiger partial charge in [0.2, 0.25) is 6.79 Å². The summed E-state index contributed by atoms with van der Waals surface area (Å²) in [5.41, 5.74) is 1.19. The molecule has 6 heteroatoms. The molecule has 0 spiro atoms. The van der Waals surface area contributed by atoms with E-state index in [-0.39, 0.29) is 24.0 Å². The molecule has 1 fully saturated rings. The fourth-order valence-corrected chi connectivity index (χ4v) is 2.57. The number of nitrogens with one attached hydrogen (secondary N) is 1. The first kappa shape index (κ1) is 17.2. The SMILES string of the molecule is CN=C(NCCC1CC1)N(C)Cc1ccc2c(c1)OCO2.I. The summed E-state index contributed by atoms with van der Waals surface area (Å²) in [6.07, 6.45) is 4.04. The van der Waals surface area contributed by atoms with E-state index in [9.17, 15) is 0 Å². The van der Waals surface area contributed by atoms with E-state index in [1.807, 2.05) is 19.2 Å². The number of fused-ring (bicyclic) bond motifs is 1. The Kier molecular flexibility index (Phi) is 6.16. The quantitative estimate of drug-likeness (QED) is 0.455. The number of ether oxygens (including phenoxy) is 2. The smallest absolute Gasteiger partial charge is 0.231 e. The van der Waals surface area contributed by atoms with E-state index in [0.717, 1.165) is 36.5 Å². The lowest BCUT2D eigenvalue weighted by atomic mass is 10.2. The van der Waals surface area contributed by atoms with Crippen molar-refractivity contribution in [1.29, 1.82) is 0 Å². The lowest BCUT2D eigenvalue weighted by Gasteiger charge is -2.22. The van der Waals surface area contributed by atoms with Crippen LogP contribution in [0.3, 0.4) is 0 Å². The van der Waals surface area contributed by atoms with Gasteiger partial charge in [0.25, 0.3) is 0 Å². The highest BCUT2D eigenvalue weighted by molar-refractivity contribution is 14.0. The van der Waals surface area contributed by atoms with Crippen molar-refractivity contribution in [2.24, 2.45) is 10.9 Å². The van der Waals surface area contributed by atoms with Crippen LogP contribution in [0.25, 0.3) is 0 Å². The Morgan fingerprint density at radius 2 is 2.09 bits per heavy atom. The molecule has 0 amide bonds. The van der Waals surface area contributed by atoms with Crippen LogP contribution < -0.4 is 14.8 Å². The average Bonchev–Trinajstić information content (AvgIpc) is 3.19. The van der Waals surface area contributed by atoms with Gasteiger partial charge in [-0.1, -0.05) is 18.9 Å². The third-order valence-corrected chi connectivity index (χ3v) is 3.96. The summed E-state index contributed by atoms with van der Waals surface area (Å²) in [4.78, 5) is 6.48. The Hall–Kier alpha value is -1.18. The van der Waals surface area contributed by atoms with Crippen molar-refractivity contribution in [3.05, 3.63) is 23.8 Å². The van der Waals surface area contributed by atoms with Crippen molar-refractivity contribution in [1.82, 2.24) is 10.2 Å². The molecular formula is C16H24IN3O2. The van der Waals surface area contributed by atoms with Crippen LogP contribution in [0.5, 0.6) is 11.5 Å². The normalized spacial score (nSPS) is 16.2. The molecule has 1 N–H and O–H groups in total. The molecule has 0 atom stereocenters. The Labute approximate surface area is 149 Å². The van der Waals surface area contributed by atoms with Crippen LogP contribution in [-0.2, 0) is 6.54 Å². The molecule has 1 aromatic carbocycles. The summed E-state index contributed by atoms with van der Waals surface area (Å²) >= 11 is 0. The second kappa shape index (κ2) is 7.89. The standard InChI is InChI=1S/C16H23N3O2.HI/c1-17-16(18-8-7-12-3-4-12)19(2)10-13-5-6-14-15(9-13)21-11-20-14;/h5-6,9,12H,3-4,7-8,10-11H2,1-2H3,(H,17,18);1H. The molecule has 0 unspecified atom stereocenters. The van der Waals surface area contributed by atoms with Gasteiger partial charge in [0.15, 0.2) is 17.5 Å². The number of hydrogen-bond donors (Lipinski definition) is 1. The van der Waals surface area contributed by atoms with Crippen molar-refractivity contribution in [3.63, 3.8) is 0 Å². The number of benzene rings is 1. The molecule has 0 aromatic heterocycles. The second-order valence-electron chi connectivity index (χ2n) is 5.75. The molecule has 1 heterocycles. The molecule has 22 heavy (non-hydrogen) atoms. The minimum absolute atomic E-state index is 0. The third kappa shape index (κ3) is 4.41. The number of rotatable bonds is 5. The van der Waals surface area contributed by atoms with Crippen molar-refractivity contribution < 1.29 is 9.47 Å². The Morgan fingerprint density at radius 3 is 2.82 bits per heavy atom. The number of guanidine groups is 1. The van der Waals surface area contributed by atoms with Crippen LogP contribution >= 0.6 is 24.0 Å². The zero-order valence-corrected chi connectivity index (χ0v) is 15.5. The first-order chi connectivity index (χ1) is 10.3. The minimum Gasteiger partial charge on any atom is -0.454 e. The highest BCUT2D eigenvalue weighted by Crippen LogP contribution is 2.33. The topological polar surface area (TPSA) is 46.1 Å². The summed E-state index contributed by atoms with van der Waals surface area (Å²) in [5, 5.41) is 3.43. The van der Waals surface area contributed by atoms with Gasteiger partial charge in [-0.25, -0.2) is 0 Å². The zero-order chi connectivity index (χ0) is 14.7. The fourth-order valence-electron chi connectivity index (χ4n) is 2.57. The van der Waals surface area contributed by atoms with E-state index in [1.54, 1.807) is 0 Å². The largest absolute Gasteiger partial charge is 0.454 e. The maximum absolute atomic E-state index is 5.42. The average molecular weight is 417 g/mol. The van der Waals surface area contributed by atoms with E-state index >= 15 is 0 Å². The molecule has 122 valence electrons. The van der Waals surface area contributed by atoms with E-state index in [2.05, 4.69) is 28.3 Å². The fraction of sp³-hybridized carbons (Fsp3) is 0.562. The molecule has 1 aromatic rings. The first-order valence-electron chi connectivity index (χ1n) is 7.56. The van der Waals surface area contributed by atoms with Gasteiger partial charge in [-0.05, 0) is 30.0 Å². The predicted molar refractivity (Wildman–Crippen MR) is 98.1 cm³/mol. The second-order valence-corrected chi connectivity index (χ2v) is 5.75. The molecule has 0 radical (unpaired) electrons. The van der Waals surface area contributed by atoms with Crippen molar-refractivity contribution in [3.8, 4) is 11.5 Å².